The predicted molar refractivity (Wildman–Crippen MR) is 87.0 cm³/mol. The lowest BCUT2D eigenvalue weighted by molar-refractivity contribution is 0.181. The fourth-order valence-electron chi connectivity index (χ4n) is 1.76. The summed E-state index contributed by atoms with van der Waals surface area (Å²) >= 11 is 2.22. The van der Waals surface area contributed by atoms with Gasteiger partial charge in [0.05, 0.1) is 23.0 Å². The number of nitrogens with one attached hydrogen (secondary N) is 1. The second kappa shape index (κ2) is 6.85. The van der Waals surface area contributed by atoms with Crippen LogP contribution in [0.1, 0.15) is 5.69 Å². The van der Waals surface area contributed by atoms with Gasteiger partial charge < -0.3 is 14.8 Å². The fourth-order valence-corrected chi connectivity index (χ4v) is 2.43. The maximum atomic E-state index is 5.19. The molecule has 0 radical (unpaired) electrons. The third-order valence-corrected chi connectivity index (χ3v) is 3.92. The highest BCUT2D eigenvalue weighted by Crippen LogP contribution is 2.25. The maximum absolute atomic E-state index is 5.19. The average Bonchev–Trinajstić information content (AvgIpc) is 2.49. The molecule has 20 heavy (non-hydrogen) atoms. The number of hydrogen-bond acceptors (Lipinski definition) is 5. The van der Waals surface area contributed by atoms with Crippen LogP contribution in [0.15, 0.2) is 24.3 Å². The minimum Gasteiger partial charge on any atom is -0.497 e. The number of benzene rings is 1. The Morgan fingerprint density at radius 1 is 1.15 bits per heavy atom. The van der Waals surface area contributed by atoms with Crippen LogP contribution in [-0.2, 0) is 11.3 Å². The molecule has 6 heteroatoms. The van der Waals surface area contributed by atoms with Crippen molar-refractivity contribution >= 4 is 28.4 Å². The van der Waals surface area contributed by atoms with Crippen molar-refractivity contribution in [2.75, 3.05) is 26.6 Å². The second-order valence-corrected chi connectivity index (χ2v) is 5.15. The summed E-state index contributed by atoms with van der Waals surface area (Å²) in [4.78, 5) is 9.11. The van der Waals surface area contributed by atoms with E-state index in [1.807, 2.05) is 31.3 Å². The van der Waals surface area contributed by atoms with Crippen LogP contribution in [0, 0.1) is 3.57 Å². The first-order chi connectivity index (χ1) is 9.69. The first kappa shape index (κ1) is 15.0. The van der Waals surface area contributed by atoms with Gasteiger partial charge in [0, 0.05) is 19.7 Å². The molecule has 0 atom stereocenters. The molecule has 1 heterocycles. The topological polar surface area (TPSA) is 56.3 Å². The van der Waals surface area contributed by atoms with Crippen molar-refractivity contribution in [3.63, 3.8) is 0 Å². The zero-order chi connectivity index (χ0) is 14.5. The predicted octanol–water partition coefficient (Wildman–Crippen LogP) is 2.94. The zero-order valence-electron chi connectivity index (χ0n) is 11.6. The number of aromatic nitrogens is 2. The van der Waals surface area contributed by atoms with Gasteiger partial charge in [-0.1, -0.05) is 0 Å². The van der Waals surface area contributed by atoms with Crippen LogP contribution in [0.2, 0.25) is 0 Å². The van der Waals surface area contributed by atoms with Crippen LogP contribution < -0.4 is 10.1 Å². The molecule has 5 nitrogen and oxygen atoms in total. The van der Waals surface area contributed by atoms with E-state index in [0.717, 1.165) is 26.4 Å². The number of rotatable bonds is 5. The molecule has 0 aliphatic heterocycles. The summed E-state index contributed by atoms with van der Waals surface area (Å²) in [6.07, 6.45) is 0. The molecule has 1 aromatic heterocycles. The largest absolute Gasteiger partial charge is 0.497 e. The number of hydrogen-bond donors (Lipinski definition) is 1. The van der Waals surface area contributed by atoms with E-state index in [2.05, 4.69) is 37.9 Å². The minimum atomic E-state index is 0.457. The van der Waals surface area contributed by atoms with Gasteiger partial charge >= 0.3 is 0 Å². The van der Waals surface area contributed by atoms with E-state index in [9.17, 15) is 0 Å². The number of nitrogens with zero attached hydrogens (tertiary/aromatic N) is 2. The van der Waals surface area contributed by atoms with Crippen LogP contribution in [0.5, 0.6) is 5.75 Å². The lowest BCUT2D eigenvalue weighted by Crippen LogP contribution is -2.06. The first-order valence-electron chi connectivity index (χ1n) is 6.07. The van der Waals surface area contributed by atoms with Gasteiger partial charge in [-0.25, -0.2) is 9.97 Å². The summed E-state index contributed by atoms with van der Waals surface area (Å²) in [5.74, 6) is 2.29. The monoisotopic (exact) mass is 385 g/mol. The molecule has 0 aliphatic rings. The van der Waals surface area contributed by atoms with Gasteiger partial charge in [0.1, 0.15) is 11.6 Å². The maximum Gasteiger partial charge on any atom is 0.161 e. The van der Waals surface area contributed by atoms with Crippen LogP contribution >= 0.6 is 22.6 Å². The zero-order valence-corrected chi connectivity index (χ0v) is 13.8. The van der Waals surface area contributed by atoms with Crippen molar-refractivity contribution in [3.05, 3.63) is 33.5 Å². The van der Waals surface area contributed by atoms with Crippen molar-refractivity contribution in [1.82, 2.24) is 9.97 Å². The second-order valence-electron chi connectivity index (χ2n) is 4.07. The summed E-state index contributed by atoms with van der Waals surface area (Å²) in [5.41, 5.74) is 1.81. The highest BCUT2D eigenvalue weighted by atomic mass is 127. The lowest BCUT2D eigenvalue weighted by Gasteiger charge is -2.11. The van der Waals surface area contributed by atoms with Gasteiger partial charge in [0.25, 0.3) is 0 Å². The Balaban J connectivity index is 2.46. The molecule has 1 N–H and O–H groups in total. The molecule has 0 unspecified atom stereocenters. The molecule has 0 saturated heterocycles. The number of halogens is 1. The van der Waals surface area contributed by atoms with Crippen LogP contribution in [0.25, 0.3) is 11.4 Å². The summed E-state index contributed by atoms with van der Waals surface area (Å²) < 4.78 is 11.3. The molecule has 0 fully saturated rings. The number of methoxy groups -OCH3 is 2. The van der Waals surface area contributed by atoms with E-state index in [1.165, 1.54) is 0 Å². The Bertz CT molecular complexity index is 588. The molecule has 0 amide bonds. The molecule has 0 bridgehead atoms. The standard InChI is InChI=1S/C14H16IN3O2/c1-16-14-12(15)11(8-19-2)17-13(18-14)9-4-6-10(20-3)7-5-9/h4-7H,8H2,1-3H3,(H,16,17,18). The quantitative estimate of drug-likeness (QED) is 0.803. The van der Waals surface area contributed by atoms with Crippen molar-refractivity contribution < 1.29 is 9.47 Å². The molecular weight excluding hydrogens is 369 g/mol. The highest BCUT2D eigenvalue weighted by Gasteiger charge is 2.12. The van der Waals surface area contributed by atoms with Crippen LogP contribution in [0.4, 0.5) is 5.82 Å². The van der Waals surface area contributed by atoms with E-state index in [1.54, 1.807) is 14.2 Å². The first-order valence-corrected chi connectivity index (χ1v) is 7.15. The molecule has 2 rings (SSSR count). The third-order valence-electron chi connectivity index (χ3n) is 2.79. The molecular formula is C14H16IN3O2. The van der Waals surface area contributed by atoms with Crippen LogP contribution in [0.3, 0.4) is 0 Å². The summed E-state index contributed by atoms with van der Waals surface area (Å²) in [7, 11) is 5.15. The van der Waals surface area contributed by atoms with E-state index in [-0.39, 0.29) is 0 Å². The van der Waals surface area contributed by atoms with Gasteiger partial charge in [-0.3, -0.25) is 0 Å². The SMILES string of the molecule is CNc1nc(-c2ccc(OC)cc2)nc(COC)c1I. The molecule has 0 aliphatic carbocycles. The van der Waals surface area contributed by atoms with E-state index in [4.69, 9.17) is 9.47 Å². The highest BCUT2D eigenvalue weighted by molar-refractivity contribution is 14.1. The third kappa shape index (κ3) is 3.18. The minimum absolute atomic E-state index is 0.457. The number of anilines is 1. The molecule has 1 aromatic carbocycles. The average molecular weight is 385 g/mol. The summed E-state index contributed by atoms with van der Waals surface area (Å²) in [5, 5.41) is 3.09. The fraction of sp³-hybridized carbons (Fsp3) is 0.286. The molecule has 0 saturated carbocycles. The molecule has 2 aromatic rings. The lowest BCUT2D eigenvalue weighted by atomic mass is 10.2. The summed E-state index contributed by atoms with van der Waals surface area (Å²) in [6.45, 7) is 0.457. The van der Waals surface area contributed by atoms with E-state index in [0.29, 0.717) is 12.4 Å². The Morgan fingerprint density at radius 3 is 2.40 bits per heavy atom. The smallest absolute Gasteiger partial charge is 0.161 e. The Hall–Kier alpha value is -1.41. The molecule has 0 spiro atoms. The van der Waals surface area contributed by atoms with Gasteiger partial charge in [0.15, 0.2) is 5.82 Å². The van der Waals surface area contributed by atoms with E-state index >= 15 is 0 Å². The Morgan fingerprint density at radius 2 is 1.85 bits per heavy atom. The number of ether oxygens (including phenoxy) is 2. The Labute approximate surface area is 131 Å². The van der Waals surface area contributed by atoms with Gasteiger partial charge in [-0.2, -0.15) is 0 Å². The van der Waals surface area contributed by atoms with Crippen molar-refractivity contribution in [1.29, 1.82) is 0 Å². The van der Waals surface area contributed by atoms with Crippen molar-refractivity contribution in [2.24, 2.45) is 0 Å². The molecule has 106 valence electrons. The van der Waals surface area contributed by atoms with Gasteiger partial charge in [-0.15, -0.1) is 0 Å². The normalized spacial score (nSPS) is 10.4. The van der Waals surface area contributed by atoms with Gasteiger partial charge in [0.2, 0.25) is 0 Å². The Kier molecular flexibility index (Phi) is 5.13. The van der Waals surface area contributed by atoms with Crippen molar-refractivity contribution in [3.8, 4) is 17.1 Å². The van der Waals surface area contributed by atoms with Gasteiger partial charge in [-0.05, 0) is 46.9 Å². The van der Waals surface area contributed by atoms with Crippen LogP contribution in [-0.4, -0.2) is 31.2 Å². The van der Waals surface area contributed by atoms with Crippen molar-refractivity contribution in [2.45, 2.75) is 6.61 Å². The van der Waals surface area contributed by atoms with E-state index < -0.39 is 0 Å². The summed E-state index contributed by atoms with van der Waals surface area (Å²) in [6, 6.07) is 7.67.